The van der Waals surface area contributed by atoms with Crippen LogP contribution in [-0.4, -0.2) is 28.7 Å². The molecule has 0 aromatic rings. The molecule has 0 saturated carbocycles. The van der Waals surface area contributed by atoms with Gasteiger partial charge in [0.1, 0.15) is 0 Å². The standard InChI is InChI=1S/C7H12O2.Sn/c1-3-6(8)5-7(9)4-2;/h5,8H,3-4H2,1-2H3;/q;+1/p-1/b6-5-;. The normalized spacial score (nSPS) is 11.3. The molecular formula is C7H11O2Sn. The predicted octanol–water partition coefficient (Wildman–Crippen LogP) is 1.36. The van der Waals surface area contributed by atoms with Gasteiger partial charge in [-0.15, -0.1) is 0 Å². The molecule has 0 aliphatic carbocycles. The van der Waals surface area contributed by atoms with E-state index in [1.54, 1.807) is 6.08 Å². The van der Waals surface area contributed by atoms with Crippen molar-refractivity contribution >= 4 is 28.7 Å². The van der Waals surface area contributed by atoms with E-state index in [2.05, 4.69) is 0 Å². The maximum absolute atomic E-state index is 10.8. The van der Waals surface area contributed by atoms with Crippen LogP contribution >= 0.6 is 0 Å². The van der Waals surface area contributed by atoms with Gasteiger partial charge in [0.25, 0.3) is 0 Å². The summed E-state index contributed by atoms with van der Waals surface area (Å²) in [6, 6.07) is 0. The van der Waals surface area contributed by atoms with E-state index in [9.17, 15) is 4.79 Å². The van der Waals surface area contributed by atoms with Crippen LogP contribution < -0.4 is 0 Å². The van der Waals surface area contributed by atoms with Crippen molar-refractivity contribution in [2.45, 2.75) is 26.7 Å². The van der Waals surface area contributed by atoms with Crippen molar-refractivity contribution in [2.75, 3.05) is 0 Å². The van der Waals surface area contributed by atoms with Crippen molar-refractivity contribution < 1.29 is 7.87 Å². The Morgan fingerprint density at radius 3 is 2.40 bits per heavy atom. The third kappa shape index (κ3) is 3.93. The third-order valence-corrected chi connectivity index (χ3v) is 1.90. The summed E-state index contributed by atoms with van der Waals surface area (Å²) in [7, 11) is 0. The maximum atomic E-state index is 10.8. The Morgan fingerprint density at radius 2 is 2.10 bits per heavy atom. The summed E-state index contributed by atoms with van der Waals surface area (Å²) in [5, 5.41) is 0. The van der Waals surface area contributed by atoms with Gasteiger partial charge in [-0.1, -0.05) is 0 Å². The van der Waals surface area contributed by atoms with Crippen LogP contribution in [0, 0.1) is 0 Å². The molecule has 10 heavy (non-hydrogen) atoms. The first kappa shape index (κ1) is 10.0. The van der Waals surface area contributed by atoms with Crippen LogP contribution in [0.15, 0.2) is 11.8 Å². The van der Waals surface area contributed by atoms with E-state index in [0.717, 1.165) is 35.1 Å². The zero-order valence-corrected chi connectivity index (χ0v) is 9.16. The Hall–Kier alpha value is 0.00870. The average molecular weight is 246 g/mol. The summed E-state index contributed by atoms with van der Waals surface area (Å²) in [5.74, 6) is 0.935. The van der Waals surface area contributed by atoms with E-state index in [4.69, 9.17) is 3.07 Å². The predicted molar refractivity (Wildman–Crippen MR) is 40.5 cm³/mol. The van der Waals surface area contributed by atoms with Crippen molar-refractivity contribution in [3.8, 4) is 0 Å². The Labute approximate surface area is 75.3 Å². The number of rotatable bonds is 4. The number of carbonyl (C=O) groups excluding carboxylic acids is 1. The van der Waals surface area contributed by atoms with Gasteiger partial charge in [0.05, 0.1) is 0 Å². The van der Waals surface area contributed by atoms with Gasteiger partial charge in [-0.3, -0.25) is 0 Å². The molecular weight excluding hydrogens is 235 g/mol. The van der Waals surface area contributed by atoms with E-state index in [1.807, 2.05) is 13.8 Å². The molecule has 2 nitrogen and oxygen atoms in total. The third-order valence-electron chi connectivity index (χ3n) is 1.15. The molecule has 0 aliphatic rings. The number of ketones is 1. The summed E-state index contributed by atoms with van der Waals surface area (Å²) < 4.78 is 5.00. The number of carbonyl (C=O) groups is 1. The van der Waals surface area contributed by atoms with E-state index >= 15 is 0 Å². The van der Waals surface area contributed by atoms with Gasteiger partial charge < -0.3 is 0 Å². The molecule has 0 atom stereocenters. The molecule has 0 heterocycles. The summed E-state index contributed by atoms with van der Waals surface area (Å²) >= 11 is 0.990. The number of allylic oxidation sites excluding steroid dienone is 2. The number of hydrogen-bond acceptors (Lipinski definition) is 2. The van der Waals surface area contributed by atoms with Crippen LogP contribution in [0.1, 0.15) is 26.7 Å². The van der Waals surface area contributed by atoms with Gasteiger partial charge in [0, 0.05) is 0 Å². The fraction of sp³-hybridized carbons (Fsp3) is 0.571. The average Bonchev–Trinajstić information content (AvgIpc) is 1.99. The second-order valence-corrected chi connectivity index (χ2v) is 2.47. The van der Waals surface area contributed by atoms with E-state index in [-0.39, 0.29) is 5.78 Å². The van der Waals surface area contributed by atoms with Crippen LogP contribution in [0.25, 0.3) is 0 Å². The Morgan fingerprint density at radius 1 is 1.50 bits per heavy atom. The molecule has 0 amide bonds. The molecule has 0 fully saturated rings. The summed E-state index contributed by atoms with van der Waals surface area (Å²) in [5.41, 5.74) is 0. The molecule has 0 saturated heterocycles. The molecule has 0 N–H and O–H groups in total. The molecule has 0 rings (SSSR count). The van der Waals surface area contributed by atoms with E-state index < -0.39 is 0 Å². The van der Waals surface area contributed by atoms with Crippen molar-refractivity contribution in [1.82, 2.24) is 0 Å². The first-order valence-corrected chi connectivity index (χ1v) is 4.48. The zero-order valence-electron chi connectivity index (χ0n) is 6.31. The zero-order chi connectivity index (χ0) is 7.98. The Bertz CT molecular complexity index is 135. The quantitative estimate of drug-likeness (QED) is 0.425. The topological polar surface area (TPSA) is 26.3 Å². The molecule has 0 aromatic carbocycles. The van der Waals surface area contributed by atoms with E-state index in [0.29, 0.717) is 6.42 Å². The molecule has 0 bridgehead atoms. The van der Waals surface area contributed by atoms with Gasteiger partial charge in [-0.2, -0.15) is 0 Å². The molecule has 0 unspecified atom stereocenters. The van der Waals surface area contributed by atoms with Crippen LogP contribution in [0.5, 0.6) is 0 Å². The minimum absolute atomic E-state index is 0.138. The van der Waals surface area contributed by atoms with E-state index in [1.165, 1.54) is 0 Å². The molecule has 0 spiro atoms. The first-order valence-electron chi connectivity index (χ1n) is 3.31. The van der Waals surface area contributed by atoms with Gasteiger partial charge in [-0.25, -0.2) is 0 Å². The van der Waals surface area contributed by atoms with Crippen LogP contribution in [0.4, 0.5) is 0 Å². The van der Waals surface area contributed by atoms with Crippen molar-refractivity contribution in [3.63, 3.8) is 0 Å². The minimum atomic E-state index is 0.138. The molecule has 0 aliphatic heterocycles. The van der Waals surface area contributed by atoms with Crippen molar-refractivity contribution in [2.24, 2.45) is 0 Å². The Kier molecular flexibility index (Phi) is 5.77. The SMILES string of the molecule is CCC(=O)/C=C(/CC)[O][Sn]. The molecule has 0 aromatic heterocycles. The second-order valence-electron chi connectivity index (χ2n) is 1.89. The summed E-state index contributed by atoms with van der Waals surface area (Å²) in [6.45, 7) is 3.81. The molecule has 3 radical (unpaired) electrons. The van der Waals surface area contributed by atoms with Gasteiger partial charge in [0.2, 0.25) is 0 Å². The monoisotopic (exact) mass is 247 g/mol. The molecule has 55 valence electrons. The van der Waals surface area contributed by atoms with Crippen molar-refractivity contribution in [3.05, 3.63) is 11.8 Å². The Balaban J connectivity index is 3.96. The van der Waals surface area contributed by atoms with Gasteiger partial charge in [-0.05, 0) is 0 Å². The van der Waals surface area contributed by atoms with Gasteiger partial charge >= 0.3 is 75.1 Å². The van der Waals surface area contributed by atoms with Crippen LogP contribution in [-0.2, 0) is 7.87 Å². The van der Waals surface area contributed by atoms with Gasteiger partial charge in [0.15, 0.2) is 0 Å². The summed E-state index contributed by atoms with van der Waals surface area (Å²) in [6.07, 6.45) is 2.94. The molecule has 3 heteroatoms. The van der Waals surface area contributed by atoms with Crippen molar-refractivity contribution in [1.29, 1.82) is 0 Å². The number of hydrogen-bond donors (Lipinski definition) is 0. The summed E-state index contributed by atoms with van der Waals surface area (Å²) in [4.78, 5) is 10.8. The second kappa shape index (κ2) is 5.77. The fourth-order valence-corrected chi connectivity index (χ4v) is 1.07. The van der Waals surface area contributed by atoms with Crippen LogP contribution in [0.2, 0.25) is 0 Å². The fourth-order valence-electron chi connectivity index (χ4n) is 0.485. The first-order chi connectivity index (χ1) is 4.74. The van der Waals surface area contributed by atoms with Crippen LogP contribution in [0.3, 0.4) is 0 Å².